The number of para-hydroxylation sites is 1. The summed E-state index contributed by atoms with van der Waals surface area (Å²) in [6, 6.07) is 22.1. The highest BCUT2D eigenvalue weighted by Gasteiger charge is 2.53. The van der Waals surface area contributed by atoms with Crippen LogP contribution in [0, 0.1) is 6.92 Å². The number of hydrogen-bond acceptors (Lipinski definition) is 3. The lowest BCUT2D eigenvalue weighted by Crippen LogP contribution is -2.44. The number of fused-ring (bicyclic) bond motifs is 4. The third-order valence-electron chi connectivity index (χ3n) is 6.72. The van der Waals surface area contributed by atoms with E-state index in [1.807, 2.05) is 73.7 Å². The summed E-state index contributed by atoms with van der Waals surface area (Å²) in [7, 11) is 1.63. The number of benzene rings is 3. The van der Waals surface area contributed by atoms with Crippen LogP contribution >= 0.6 is 0 Å². The van der Waals surface area contributed by atoms with Crippen molar-refractivity contribution in [3.63, 3.8) is 0 Å². The molecule has 1 aromatic heterocycles. The molecule has 6 nitrogen and oxygen atoms in total. The van der Waals surface area contributed by atoms with Gasteiger partial charge in [0.15, 0.2) is 0 Å². The number of imide groups is 1. The topological polar surface area (TPSA) is 65.6 Å². The van der Waals surface area contributed by atoms with Crippen molar-refractivity contribution in [1.29, 1.82) is 0 Å². The number of amides is 3. The summed E-state index contributed by atoms with van der Waals surface area (Å²) in [4.78, 5) is 34.1. The zero-order valence-corrected chi connectivity index (χ0v) is 18.4. The van der Waals surface area contributed by atoms with Gasteiger partial charge in [-0.1, -0.05) is 42.5 Å². The van der Waals surface area contributed by atoms with Crippen molar-refractivity contribution in [2.24, 2.45) is 0 Å². The van der Waals surface area contributed by atoms with E-state index in [1.54, 1.807) is 12.0 Å². The molecule has 0 radical (unpaired) electrons. The number of urea groups is 1. The fraction of sp³-hybridized carbons (Fsp3) is 0.185. The van der Waals surface area contributed by atoms with E-state index >= 15 is 0 Å². The molecule has 0 aliphatic carbocycles. The maximum atomic E-state index is 13.8. The third kappa shape index (κ3) is 2.87. The lowest BCUT2D eigenvalue weighted by atomic mass is 9.89. The summed E-state index contributed by atoms with van der Waals surface area (Å²) in [5, 5.41) is 1.09. The van der Waals surface area contributed by atoms with Crippen molar-refractivity contribution in [3.8, 4) is 5.75 Å². The number of nitrogens with one attached hydrogen (secondary N) is 1. The maximum Gasteiger partial charge on any atom is 0.332 e. The Hall–Kier alpha value is -4.06. The molecule has 33 heavy (non-hydrogen) atoms. The molecule has 2 aliphatic heterocycles. The fourth-order valence-electron chi connectivity index (χ4n) is 5.24. The Morgan fingerprint density at radius 2 is 1.79 bits per heavy atom. The summed E-state index contributed by atoms with van der Waals surface area (Å²) in [6.07, 6.45) is 0.479. The molecule has 6 rings (SSSR count). The van der Waals surface area contributed by atoms with Gasteiger partial charge in [-0.05, 0) is 53.9 Å². The number of nitrogens with zero attached hydrogens (tertiary/aromatic N) is 2. The highest BCUT2D eigenvalue weighted by Crippen LogP contribution is 2.45. The molecule has 3 heterocycles. The summed E-state index contributed by atoms with van der Waals surface area (Å²) >= 11 is 0. The van der Waals surface area contributed by atoms with Crippen LogP contribution in [0.4, 0.5) is 10.5 Å². The minimum absolute atomic E-state index is 0.186. The van der Waals surface area contributed by atoms with Crippen LogP contribution in [-0.2, 0) is 11.2 Å². The van der Waals surface area contributed by atoms with Crippen molar-refractivity contribution < 1.29 is 14.3 Å². The van der Waals surface area contributed by atoms with Gasteiger partial charge in [0, 0.05) is 23.0 Å². The number of ether oxygens (including phenoxy) is 1. The zero-order chi connectivity index (χ0) is 22.7. The van der Waals surface area contributed by atoms with Gasteiger partial charge in [0.05, 0.1) is 12.8 Å². The molecule has 2 atom stereocenters. The minimum Gasteiger partial charge on any atom is -0.497 e. The first-order valence-corrected chi connectivity index (χ1v) is 11.0. The quantitative estimate of drug-likeness (QED) is 0.461. The Balaban J connectivity index is 1.55. The molecule has 1 fully saturated rings. The smallest absolute Gasteiger partial charge is 0.332 e. The Kier molecular flexibility index (Phi) is 4.30. The van der Waals surface area contributed by atoms with Crippen LogP contribution in [0.15, 0.2) is 72.8 Å². The van der Waals surface area contributed by atoms with Gasteiger partial charge in [-0.2, -0.15) is 0 Å². The summed E-state index contributed by atoms with van der Waals surface area (Å²) < 4.78 is 5.46. The number of carbonyl (C=O) groups is 2. The number of aromatic amines is 1. The average Bonchev–Trinajstić information content (AvgIpc) is 3.32. The van der Waals surface area contributed by atoms with E-state index in [4.69, 9.17) is 4.74 Å². The second kappa shape index (κ2) is 7.24. The van der Waals surface area contributed by atoms with E-state index in [-0.39, 0.29) is 11.9 Å². The Morgan fingerprint density at radius 1 is 0.970 bits per heavy atom. The molecule has 0 spiro atoms. The normalized spacial score (nSPS) is 19.7. The second-order valence-electron chi connectivity index (χ2n) is 8.66. The number of carbonyl (C=O) groups excluding carboxylic acids is 2. The van der Waals surface area contributed by atoms with Crippen LogP contribution in [0.2, 0.25) is 0 Å². The second-order valence-corrected chi connectivity index (χ2v) is 8.66. The molecule has 0 saturated carbocycles. The Bertz CT molecular complexity index is 1420. The number of anilines is 1. The molecule has 0 bridgehead atoms. The largest absolute Gasteiger partial charge is 0.497 e. The van der Waals surface area contributed by atoms with E-state index in [2.05, 4.69) is 11.1 Å². The molecular formula is C27H23N3O3. The van der Waals surface area contributed by atoms with Gasteiger partial charge in [-0.3, -0.25) is 9.69 Å². The minimum atomic E-state index is -0.569. The van der Waals surface area contributed by atoms with Crippen molar-refractivity contribution >= 4 is 28.5 Å². The molecule has 3 amide bonds. The van der Waals surface area contributed by atoms with Crippen molar-refractivity contribution in [2.45, 2.75) is 25.4 Å². The van der Waals surface area contributed by atoms with Gasteiger partial charge in [0.1, 0.15) is 17.8 Å². The molecule has 2 unspecified atom stereocenters. The fourth-order valence-corrected chi connectivity index (χ4v) is 5.24. The van der Waals surface area contributed by atoms with Crippen LogP contribution < -0.4 is 9.64 Å². The molecule has 3 aromatic carbocycles. The van der Waals surface area contributed by atoms with Gasteiger partial charge < -0.3 is 9.72 Å². The number of aromatic nitrogens is 1. The van der Waals surface area contributed by atoms with Gasteiger partial charge >= 0.3 is 6.03 Å². The number of H-pyrrole nitrogens is 1. The predicted molar refractivity (Wildman–Crippen MR) is 127 cm³/mol. The number of aryl methyl sites for hydroxylation is 1. The highest BCUT2D eigenvalue weighted by atomic mass is 16.5. The first-order chi connectivity index (χ1) is 16.1. The molecule has 4 aromatic rings. The van der Waals surface area contributed by atoms with Crippen molar-refractivity contribution in [1.82, 2.24) is 9.88 Å². The van der Waals surface area contributed by atoms with Crippen LogP contribution in [-0.4, -0.2) is 35.0 Å². The van der Waals surface area contributed by atoms with E-state index in [1.165, 1.54) is 4.90 Å². The van der Waals surface area contributed by atoms with E-state index in [9.17, 15) is 9.59 Å². The zero-order valence-electron chi connectivity index (χ0n) is 18.4. The lowest BCUT2D eigenvalue weighted by Gasteiger charge is -2.36. The van der Waals surface area contributed by atoms with Gasteiger partial charge in [-0.25, -0.2) is 9.69 Å². The first kappa shape index (κ1) is 19.6. The van der Waals surface area contributed by atoms with E-state index < -0.39 is 12.1 Å². The van der Waals surface area contributed by atoms with Crippen LogP contribution in [0.25, 0.3) is 10.9 Å². The van der Waals surface area contributed by atoms with Gasteiger partial charge in [0.2, 0.25) is 0 Å². The molecule has 2 aliphatic rings. The molecule has 164 valence electrons. The standard InChI is InChI=1S/C27H23N3O3/c1-16-7-5-9-18(13-16)29-26(31)23-15-21-20-11-3-4-12-22(20)28-24(21)25(30(23)27(29)32)17-8-6-10-19(14-17)33-2/h3-14,23,25,28H,15H2,1-2H3. The molecular weight excluding hydrogens is 414 g/mol. The number of rotatable bonds is 3. The summed E-state index contributed by atoms with van der Waals surface area (Å²) in [6.45, 7) is 1.96. The Labute approximate surface area is 191 Å². The van der Waals surface area contributed by atoms with Gasteiger partial charge in [-0.15, -0.1) is 0 Å². The molecule has 6 heteroatoms. The van der Waals surface area contributed by atoms with Crippen LogP contribution in [0.3, 0.4) is 0 Å². The van der Waals surface area contributed by atoms with Crippen LogP contribution in [0.1, 0.15) is 28.4 Å². The lowest BCUT2D eigenvalue weighted by molar-refractivity contribution is -0.120. The van der Waals surface area contributed by atoms with Crippen LogP contribution in [0.5, 0.6) is 5.75 Å². The summed E-state index contributed by atoms with van der Waals surface area (Å²) in [5.41, 5.74) is 5.56. The van der Waals surface area contributed by atoms with Gasteiger partial charge in [0.25, 0.3) is 5.91 Å². The van der Waals surface area contributed by atoms with Crippen molar-refractivity contribution in [3.05, 3.63) is 95.2 Å². The first-order valence-electron chi connectivity index (χ1n) is 11.0. The third-order valence-corrected chi connectivity index (χ3v) is 6.72. The number of hydrogen-bond donors (Lipinski definition) is 1. The average molecular weight is 437 g/mol. The molecule has 1 saturated heterocycles. The number of methoxy groups -OCH3 is 1. The van der Waals surface area contributed by atoms with E-state index in [0.29, 0.717) is 17.9 Å². The highest BCUT2D eigenvalue weighted by molar-refractivity contribution is 6.22. The maximum absolute atomic E-state index is 13.8. The SMILES string of the molecule is COc1cccc(C2c3[nH]c4ccccc4c3CC3C(=O)N(c4cccc(C)c4)C(=O)N32)c1. The predicted octanol–water partition coefficient (Wildman–Crippen LogP) is 4.97. The Morgan fingerprint density at radius 3 is 2.61 bits per heavy atom. The molecule has 1 N–H and O–H groups in total. The summed E-state index contributed by atoms with van der Waals surface area (Å²) in [5.74, 6) is 0.523. The van der Waals surface area contributed by atoms with Crippen molar-refractivity contribution in [2.75, 3.05) is 12.0 Å². The van der Waals surface area contributed by atoms with E-state index in [0.717, 1.165) is 33.3 Å². The monoisotopic (exact) mass is 437 g/mol.